The van der Waals surface area contributed by atoms with Crippen LogP contribution >= 0.6 is 43.6 Å². The maximum Gasteiger partial charge on any atom is 0.155 e. The van der Waals surface area contributed by atoms with E-state index in [2.05, 4.69) is 47.1 Å². The molecule has 27 heavy (non-hydrogen) atoms. The van der Waals surface area contributed by atoms with Crippen LogP contribution in [0.4, 0.5) is 10.2 Å². The Morgan fingerprint density at radius 3 is 2.59 bits per heavy atom. The smallest absolute Gasteiger partial charge is 0.155 e. The standard InChI is InChI=1S/C19H16Br2ClFN4/c1-27(22)9-8-24-19-15-10-13(20)11-16(21)18(15)25-17(26-19)7-4-12-2-5-14(23)6-3-12/h2-7,10-11H,8-9H2,1H3,(H,24,25,26)/b7-4+. The zero-order valence-electron chi connectivity index (χ0n) is 14.4. The van der Waals surface area contributed by atoms with Gasteiger partial charge in [-0.3, -0.25) is 0 Å². The lowest BCUT2D eigenvalue weighted by molar-refractivity contribution is 0.568. The molecule has 0 aliphatic rings. The first-order valence-corrected chi connectivity index (χ1v) is 10.1. The van der Waals surface area contributed by atoms with Gasteiger partial charge in [-0.2, -0.15) is 0 Å². The highest BCUT2D eigenvalue weighted by atomic mass is 79.9. The van der Waals surface area contributed by atoms with Gasteiger partial charge >= 0.3 is 0 Å². The summed E-state index contributed by atoms with van der Waals surface area (Å²) in [5.74, 6) is 1.01. The molecule has 0 unspecified atom stereocenters. The van der Waals surface area contributed by atoms with Crippen LogP contribution in [0, 0.1) is 5.82 Å². The molecule has 0 aliphatic carbocycles. The van der Waals surface area contributed by atoms with Gasteiger partial charge in [0, 0.05) is 34.5 Å². The van der Waals surface area contributed by atoms with E-state index in [0.29, 0.717) is 18.9 Å². The minimum atomic E-state index is -0.264. The molecule has 8 heteroatoms. The molecule has 0 aliphatic heterocycles. The number of halogens is 4. The summed E-state index contributed by atoms with van der Waals surface area (Å²) in [5, 5.41) is 4.21. The Hall–Kier alpha value is -1.54. The molecule has 0 fully saturated rings. The maximum atomic E-state index is 13.1. The molecule has 1 N–H and O–H groups in total. The van der Waals surface area contributed by atoms with Crippen molar-refractivity contribution in [1.82, 2.24) is 14.4 Å². The minimum Gasteiger partial charge on any atom is -0.368 e. The predicted octanol–water partition coefficient (Wildman–Crippen LogP) is 5.96. The normalized spacial score (nSPS) is 11.6. The summed E-state index contributed by atoms with van der Waals surface area (Å²) in [6.45, 7) is 1.29. The Morgan fingerprint density at radius 1 is 1.15 bits per heavy atom. The van der Waals surface area contributed by atoms with Gasteiger partial charge in [-0.25, -0.2) is 18.8 Å². The van der Waals surface area contributed by atoms with Gasteiger partial charge in [0.1, 0.15) is 11.6 Å². The topological polar surface area (TPSA) is 41.0 Å². The molecule has 2 aromatic carbocycles. The van der Waals surface area contributed by atoms with Crippen LogP contribution in [-0.4, -0.2) is 34.5 Å². The lowest BCUT2D eigenvalue weighted by Crippen LogP contribution is -2.17. The summed E-state index contributed by atoms with van der Waals surface area (Å²) in [6, 6.07) is 10.2. The van der Waals surface area contributed by atoms with E-state index < -0.39 is 0 Å². The second kappa shape index (κ2) is 9.10. The summed E-state index contributed by atoms with van der Waals surface area (Å²) >= 11 is 13.0. The lowest BCUT2D eigenvalue weighted by Gasteiger charge is -2.12. The summed E-state index contributed by atoms with van der Waals surface area (Å²) in [5.41, 5.74) is 1.67. The Morgan fingerprint density at radius 2 is 1.89 bits per heavy atom. The number of rotatable bonds is 6. The molecule has 140 valence electrons. The highest BCUT2D eigenvalue weighted by Crippen LogP contribution is 2.31. The number of benzene rings is 2. The SMILES string of the molecule is CN(Cl)CCNc1nc(/C=C/c2ccc(F)cc2)nc2c(Br)cc(Br)cc12. The number of aromatic nitrogens is 2. The average molecular weight is 515 g/mol. The molecule has 0 bridgehead atoms. The summed E-state index contributed by atoms with van der Waals surface area (Å²) in [6.07, 6.45) is 3.66. The monoisotopic (exact) mass is 512 g/mol. The van der Waals surface area contributed by atoms with Crippen LogP contribution in [-0.2, 0) is 0 Å². The molecule has 1 heterocycles. The molecule has 3 rings (SSSR count). The molecule has 0 saturated carbocycles. The molecular weight excluding hydrogens is 498 g/mol. The van der Waals surface area contributed by atoms with Crippen LogP contribution in [0.25, 0.3) is 23.1 Å². The Labute approximate surface area is 178 Å². The molecule has 0 amide bonds. The van der Waals surface area contributed by atoms with Crippen LogP contribution in [0.15, 0.2) is 45.3 Å². The van der Waals surface area contributed by atoms with Gasteiger partial charge in [-0.1, -0.05) is 34.1 Å². The van der Waals surface area contributed by atoms with Crippen LogP contribution in [0.5, 0.6) is 0 Å². The zero-order chi connectivity index (χ0) is 19.4. The number of hydrogen-bond acceptors (Lipinski definition) is 4. The van der Waals surface area contributed by atoms with Crippen molar-refractivity contribution in [2.75, 3.05) is 25.5 Å². The maximum absolute atomic E-state index is 13.1. The summed E-state index contributed by atoms with van der Waals surface area (Å²) < 4.78 is 16.4. The molecule has 0 radical (unpaired) electrons. The minimum absolute atomic E-state index is 0.264. The second-order valence-electron chi connectivity index (χ2n) is 5.85. The van der Waals surface area contributed by atoms with Crippen molar-refractivity contribution in [1.29, 1.82) is 0 Å². The number of likely N-dealkylation sites (N-methyl/N-ethyl adjacent to an activating group) is 1. The first-order chi connectivity index (χ1) is 12.9. The fourth-order valence-electron chi connectivity index (χ4n) is 2.46. The Balaban J connectivity index is 1.98. The van der Waals surface area contributed by atoms with Gasteiger partial charge in [0.2, 0.25) is 0 Å². The van der Waals surface area contributed by atoms with Gasteiger partial charge in [0.25, 0.3) is 0 Å². The summed E-state index contributed by atoms with van der Waals surface area (Å²) in [4.78, 5) is 9.26. The van der Waals surface area contributed by atoms with Crippen LogP contribution in [0.2, 0.25) is 0 Å². The first kappa shape index (κ1) is 20.2. The molecule has 0 spiro atoms. The quantitative estimate of drug-likeness (QED) is 0.412. The lowest BCUT2D eigenvalue weighted by atomic mass is 10.2. The number of anilines is 1. The van der Waals surface area contributed by atoms with Crippen molar-refractivity contribution < 1.29 is 4.39 Å². The van der Waals surface area contributed by atoms with Gasteiger partial charge in [-0.15, -0.1) is 0 Å². The Kier molecular flexibility index (Phi) is 6.81. The van der Waals surface area contributed by atoms with Crippen molar-refractivity contribution in [3.8, 4) is 0 Å². The molecular formula is C19H16Br2ClFN4. The molecule has 0 atom stereocenters. The third kappa shape index (κ3) is 5.48. The number of fused-ring (bicyclic) bond motifs is 1. The van der Waals surface area contributed by atoms with E-state index in [4.69, 9.17) is 11.8 Å². The third-order valence-corrected chi connectivity index (χ3v) is 4.97. The number of hydrogen-bond donors (Lipinski definition) is 1. The van der Waals surface area contributed by atoms with Crippen molar-refractivity contribution in [2.24, 2.45) is 0 Å². The number of nitrogens with one attached hydrogen (secondary N) is 1. The highest BCUT2D eigenvalue weighted by molar-refractivity contribution is 9.11. The first-order valence-electron chi connectivity index (χ1n) is 8.13. The van der Waals surface area contributed by atoms with Gasteiger partial charge in [0.05, 0.1) is 5.52 Å². The molecule has 4 nitrogen and oxygen atoms in total. The van der Waals surface area contributed by atoms with Gasteiger partial charge in [-0.05, 0) is 63.6 Å². The van der Waals surface area contributed by atoms with Gasteiger partial charge < -0.3 is 5.32 Å². The van der Waals surface area contributed by atoms with E-state index in [-0.39, 0.29) is 5.82 Å². The van der Waals surface area contributed by atoms with E-state index >= 15 is 0 Å². The van der Waals surface area contributed by atoms with Crippen molar-refractivity contribution in [3.63, 3.8) is 0 Å². The predicted molar refractivity (Wildman–Crippen MR) is 117 cm³/mol. The largest absolute Gasteiger partial charge is 0.368 e. The fourth-order valence-corrected chi connectivity index (χ4v) is 3.86. The van der Waals surface area contributed by atoms with Crippen molar-refractivity contribution in [2.45, 2.75) is 0 Å². The van der Waals surface area contributed by atoms with Crippen molar-refractivity contribution in [3.05, 3.63) is 62.5 Å². The Bertz CT molecular complexity index is 978. The van der Waals surface area contributed by atoms with E-state index in [1.54, 1.807) is 29.7 Å². The van der Waals surface area contributed by atoms with Crippen LogP contribution < -0.4 is 5.32 Å². The van der Waals surface area contributed by atoms with Gasteiger partial charge in [0.15, 0.2) is 5.82 Å². The average Bonchev–Trinajstić information content (AvgIpc) is 2.61. The van der Waals surface area contributed by atoms with E-state index in [1.165, 1.54) is 12.1 Å². The number of nitrogens with zero attached hydrogens (tertiary/aromatic N) is 3. The van der Waals surface area contributed by atoms with E-state index in [0.717, 1.165) is 31.2 Å². The van der Waals surface area contributed by atoms with E-state index in [1.807, 2.05) is 18.2 Å². The third-order valence-electron chi connectivity index (χ3n) is 3.74. The molecule has 3 aromatic rings. The second-order valence-corrected chi connectivity index (χ2v) is 8.20. The molecule has 1 aromatic heterocycles. The fraction of sp³-hybridized carbons (Fsp3) is 0.158. The molecule has 0 saturated heterocycles. The highest BCUT2D eigenvalue weighted by Gasteiger charge is 2.11. The van der Waals surface area contributed by atoms with Crippen LogP contribution in [0.1, 0.15) is 11.4 Å². The zero-order valence-corrected chi connectivity index (χ0v) is 18.3. The summed E-state index contributed by atoms with van der Waals surface area (Å²) in [7, 11) is 1.80. The van der Waals surface area contributed by atoms with Crippen LogP contribution in [0.3, 0.4) is 0 Å². The van der Waals surface area contributed by atoms with Crippen molar-refractivity contribution >= 4 is 72.5 Å². The van der Waals surface area contributed by atoms with E-state index in [9.17, 15) is 4.39 Å².